The van der Waals surface area contributed by atoms with Crippen LogP contribution in [0.4, 0.5) is 5.69 Å². The minimum Gasteiger partial charge on any atom is -0.494 e. The molecule has 0 saturated carbocycles. The zero-order valence-electron chi connectivity index (χ0n) is 13.3. The number of rotatable bonds is 7. The van der Waals surface area contributed by atoms with E-state index in [0.717, 1.165) is 23.4 Å². The van der Waals surface area contributed by atoms with E-state index in [-0.39, 0.29) is 11.8 Å². The normalized spacial score (nSPS) is 12.8. The van der Waals surface area contributed by atoms with Gasteiger partial charge in [-0.05, 0) is 36.6 Å². The number of nitrogens with zero attached hydrogens (tertiary/aromatic N) is 2. The summed E-state index contributed by atoms with van der Waals surface area (Å²) >= 11 is 0. The zero-order chi connectivity index (χ0) is 16.7. The molecule has 1 aliphatic heterocycles. The molecular formula is C17H21N3O3. The number of nitriles is 1. The summed E-state index contributed by atoms with van der Waals surface area (Å²) in [4.78, 5) is 24.7. The third-order valence-corrected chi connectivity index (χ3v) is 3.76. The van der Waals surface area contributed by atoms with Crippen LogP contribution >= 0.6 is 0 Å². The monoisotopic (exact) mass is 315 g/mol. The van der Waals surface area contributed by atoms with Crippen LogP contribution < -0.4 is 10.1 Å². The molecule has 0 fully saturated rings. The summed E-state index contributed by atoms with van der Waals surface area (Å²) in [6.07, 6.45) is 2.61. The maximum atomic E-state index is 11.8. The first-order chi connectivity index (χ1) is 11.1. The van der Waals surface area contributed by atoms with Crippen LogP contribution in [0.1, 0.15) is 31.2 Å². The van der Waals surface area contributed by atoms with Crippen LogP contribution in [0.25, 0.3) is 0 Å². The van der Waals surface area contributed by atoms with Crippen molar-refractivity contribution in [1.82, 2.24) is 4.90 Å². The Hall–Kier alpha value is -2.55. The second-order valence-corrected chi connectivity index (χ2v) is 5.54. The standard InChI is InChI=1S/C17H21N3O3/c1-20(10-3-9-18)17(22)4-2-11-23-14-6-7-15-13(12-14)5-8-16(21)19-15/h6-7,12H,2-5,8,10-11H2,1H3,(H,19,21). The van der Waals surface area contributed by atoms with Gasteiger partial charge < -0.3 is 15.0 Å². The average molecular weight is 315 g/mol. The van der Waals surface area contributed by atoms with E-state index in [9.17, 15) is 9.59 Å². The third kappa shape index (κ3) is 4.99. The number of carbonyl (C=O) groups is 2. The lowest BCUT2D eigenvalue weighted by Gasteiger charge is -2.18. The lowest BCUT2D eigenvalue weighted by atomic mass is 10.0. The first-order valence-electron chi connectivity index (χ1n) is 7.76. The number of aryl methyl sites for hydroxylation is 1. The van der Waals surface area contributed by atoms with Gasteiger partial charge in [0.1, 0.15) is 5.75 Å². The Labute approximate surface area is 136 Å². The van der Waals surface area contributed by atoms with Crippen molar-refractivity contribution >= 4 is 17.5 Å². The third-order valence-electron chi connectivity index (χ3n) is 3.76. The lowest BCUT2D eigenvalue weighted by Crippen LogP contribution is -2.27. The topological polar surface area (TPSA) is 82.4 Å². The van der Waals surface area contributed by atoms with Gasteiger partial charge in [-0.2, -0.15) is 5.26 Å². The Morgan fingerprint density at radius 3 is 3.04 bits per heavy atom. The Morgan fingerprint density at radius 2 is 2.26 bits per heavy atom. The molecule has 1 aromatic rings. The van der Waals surface area contributed by atoms with Gasteiger partial charge in [-0.1, -0.05) is 0 Å². The summed E-state index contributed by atoms with van der Waals surface area (Å²) < 4.78 is 5.67. The molecule has 0 spiro atoms. The number of fused-ring (bicyclic) bond motifs is 1. The maximum Gasteiger partial charge on any atom is 0.224 e. The highest BCUT2D eigenvalue weighted by atomic mass is 16.5. The van der Waals surface area contributed by atoms with Gasteiger partial charge in [0.25, 0.3) is 0 Å². The van der Waals surface area contributed by atoms with Crippen LogP contribution in [0.5, 0.6) is 5.75 Å². The van der Waals surface area contributed by atoms with Crippen LogP contribution in [-0.2, 0) is 16.0 Å². The summed E-state index contributed by atoms with van der Waals surface area (Å²) in [6, 6.07) is 7.64. The largest absolute Gasteiger partial charge is 0.494 e. The molecule has 122 valence electrons. The fraction of sp³-hybridized carbons (Fsp3) is 0.471. The van der Waals surface area contributed by atoms with Crippen LogP contribution in [0.2, 0.25) is 0 Å². The SMILES string of the molecule is CN(CCC#N)C(=O)CCCOc1ccc2c(c1)CCC(=O)N2. The lowest BCUT2D eigenvalue weighted by molar-refractivity contribution is -0.130. The van der Waals surface area contributed by atoms with E-state index in [1.807, 2.05) is 24.3 Å². The molecule has 1 N–H and O–H groups in total. The minimum atomic E-state index is 0.0250. The minimum absolute atomic E-state index is 0.0250. The van der Waals surface area contributed by atoms with E-state index in [1.165, 1.54) is 0 Å². The highest BCUT2D eigenvalue weighted by Crippen LogP contribution is 2.26. The van der Waals surface area contributed by atoms with Crippen molar-refractivity contribution in [3.63, 3.8) is 0 Å². The second-order valence-electron chi connectivity index (χ2n) is 5.54. The highest BCUT2D eigenvalue weighted by molar-refractivity contribution is 5.94. The molecule has 0 radical (unpaired) electrons. The summed E-state index contributed by atoms with van der Waals surface area (Å²) in [6.45, 7) is 0.926. The van der Waals surface area contributed by atoms with Crippen molar-refractivity contribution in [2.24, 2.45) is 0 Å². The molecule has 0 atom stereocenters. The number of benzene rings is 1. The average Bonchev–Trinajstić information content (AvgIpc) is 2.56. The molecule has 6 heteroatoms. The molecule has 6 nitrogen and oxygen atoms in total. The number of carbonyl (C=O) groups excluding carboxylic acids is 2. The molecule has 23 heavy (non-hydrogen) atoms. The van der Waals surface area contributed by atoms with Crippen LogP contribution in [0.15, 0.2) is 18.2 Å². The van der Waals surface area contributed by atoms with Gasteiger partial charge in [0.05, 0.1) is 19.1 Å². The molecule has 0 aromatic heterocycles. The predicted octanol–water partition coefficient (Wildman–Crippen LogP) is 2.10. The molecule has 1 aromatic carbocycles. The van der Waals surface area contributed by atoms with Gasteiger partial charge >= 0.3 is 0 Å². The second kappa shape index (κ2) is 8.18. The molecule has 1 heterocycles. The van der Waals surface area contributed by atoms with Gasteiger partial charge in [0.15, 0.2) is 0 Å². The maximum absolute atomic E-state index is 11.8. The Bertz CT molecular complexity index is 622. The van der Waals surface area contributed by atoms with Crippen LogP contribution in [0.3, 0.4) is 0 Å². The molecule has 2 amide bonds. The van der Waals surface area contributed by atoms with Crippen molar-refractivity contribution in [2.45, 2.75) is 32.1 Å². The van der Waals surface area contributed by atoms with Crippen molar-refractivity contribution in [2.75, 3.05) is 25.5 Å². The summed E-state index contributed by atoms with van der Waals surface area (Å²) in [5.41, 5.74) is 1.93. The zero-order valence-corrected chi connectivity index (χ0v) is 13.3. The van der Waals surface area contributed by atoms with E-state index in [2.05, 4.69) is 5.32 Å². The van der Waals surface area contributed by atoms with Crippen molar-refractivity contribution in [3.8, 4) is 11.8 Å². The highest BCUT2D eigenvalue weighted by Gasteiger charge is 2.15. The molecule has 1 aliphatic rings. The fourth-order valence-corrected chi connectivity index (χ4v) is 2.40. The Kier molecular flexibility index (Phi) is 5.98. The van der Waals surface area contributed by atoms with E-state index in [4.69, 9.17) is 10.00 Å². The van der Waals surface area contributed by atoms with E-state index in [0.29, 0.717) is 38.8 Å². The Morgan fingerprint density at radius 1 is 1.43 bits per heavy atom. The molecule has 0 unspecified atom stereocenters. The molecule has 0 aliphatic carbocycles. The van der Waals surface area contributed by atoms with Crippen molar-refractivity contribution in [1.29, 1.82) is 5.26 Å². The van der Waals surface area contributed by atoms with E-state index >= 15 is 0 Å². The summed E-state index contributed by atoms with van der Waals surface area (Å²) in [5, 5.41) is 11.3. The van der Waals surface area contributed by atoms with Gasteiger partial charge in [0, 0.05) is 32.1 Å². The number of nitrogens with one attached hydrogen (secondary N) is 1. The van der Waals surface area contributed by atoms with E-state index < -0.39 is 0 Å². The Balaban J connectivity index is 1.74. The van der Waals surface area contributed by atoms with Gasteiger partial charge in [-0.15, -0.1) is 0 Å². The quantitative estimate of drug-likeness (QED) is 0.781. The van der Waals surface area contributed by atoms with Crippen LogP contribution in [0, 0.1) is 11.3 Å². The van der Waals surface area contributed by atoms with Crippen molar-refractivity contribution in [3.05, 3.63) is 23.8 Å². The first kappa shape index (κ1) is 16.8. The number of hydrogen-bond donors (Lipinski definition) is 1. The van der Waals surface area contributed by atoms with Gasteiger partial charge in [0.2, 0.25) is 11.8 Å². The van der Waals surface area contributed by atoms with E-state index in [1.54, 1.807) is 11.9 Å². The van der Waals surface area contributed by atoms with Gasteiger partial charge in [-0.25, -0.2) is 0 Å². The number of hydrogen-bond acceptors (Lipinski definition) is 4. The molecule has 0 bridgehead atoms. The van der Waals surface area contributed by atoms with Crippen molar-refractivity contribution < 1.29 is 14.3 Å². The smallest absolute Gasteiger partial charge is 0.224 e. The number of ether oxygens (including phenoxy) is 1. The molecule has 2 rings (SSSR count). The summed E-state index contributed by atoms with van der Waals surface area (Å²) in [7, 11) is 1.71. The summed E-state index contributed by atoms with van der Waals surface area (Å²) in [5.74, 6) is 0.826. The van der Waals surface area contributed by atoms with Crippen LogP contribution in [-0.4, -0.2) is 36.9 Å². The molecule has 0 saturated heterocycles. The number of amides is 2. The first-order valence-corrected chi connectivity index (χ1v) is 7.76. The fourth-order valence-electron chi connectivity index (χ4n) is 2.40. The van der Waals surface area contributed by atoms with Gasteiger partial charge in [-0.3, -0.25) is 9.59 Å². The number of anilines is 1. The predicted molar refractivity (Wildman–Crippen MR) is 86.0 cm³/mol. The molecular weight excluding hydrogens is 294 g/mol.